The second-order valence-electron chi connectivity index (χ2n) is 6.33. The van der Waals surface area contributed by atoms with Gasteiger partial charge in [-0.25, -0.2) is 0 Å². The topological polar surface area (TPSA) is 38.7 Å². The van der Waals surface area contributed by atoms with E-state index in [-0.39, 0.29) is 12.6 Å². The maximum absolute atomic E-state index is 9.47. The molecule has 118 valence electrons. The predicted molar refractivity (Wildman–Crippen MR) is 89.0 cm³/mol. The third-order valence-corrected chi connectivity index (χ3v) is 4.01. The van der Waals surface area contributed by atoms with Crippen LogP contribution in [0.1, 0.15) is 19.4 Å². The average molecular weight is 291 g/mol. The van der Waals surface area contributed by atoms with Gasteiger partial charge >= 0.3 is 0 Å². The average Bonchev–Trinajstić information content (AvgIpc) is 2.47. The summed E-state index contributed by atoms with van der Waals surface area (Å²) in [6, 6.07) is 9.31. The van der Waals surface area contributed by atoms with Gasteiger partial charge in [0, 0.05) is 50.5 Å². The Bertz CT molecular complexity index is 428. The van der Waals surface area contributed by atoms with Gasteiger partial charge in [0.1, 0.15) is 0 Å². The molecular weight excluding hydrogens is 262 g/mol. The summed E-state index contributed by atoms with van der Waals surface area (Å²) in [6.45, 7) is 11.8. The van der Waals surface area contributed by atoms with Crippen LogP contribution in [0.3, 0.4) is 0 Å². The highest BCUT2D eigenvalue weighted by Gasteiger charge is 2.20. The minimum atomic E-state index is 0.176. The number of benzene rings is 1. The smallest absolute Gasteiger partial charge is 0.0597 e. The number of hydrogen-bond acceptors (Lipinski definition) is 4. The number of anilines is 1. The van der Waals surface area contributed by atoms with Crippen LogP contribution in [0, 0.1) is 6.92 Å². The lowest BCUT2D eigenvalue weighted by molar-refractivity contribution is 0.170. The molecule has 2 rings (SSSR count). The first kappa shape index (κ1) is 16.3. The summed E-state index contributed by atoms with van der Waals surface area (Å²) >= 11 is 0. The predicted octanol–water partition coefficient (Wildman–Crippen LogP) is 1.48. The zero-order chi connectivity index (χ0) is 15.2. The number of aryl methyl sites for hydroxylation is 1. The van der Waals surface area contributed by atoms with Crippen LogP contribution in [-0.4, -0.2) is 61.4 Å². The first-order valence-electron chi connectivity index (χ1n) is 7.99. The third kappa shape index (κ3) is 4.99. The van der Waals surface area contributed by atoms with Crippen molar-refractivity contribution in [2.45, 2.75) is 32.9 Å². The molecule has 1 unspecified atom stereocenters. The summed E-state index contributed by atoms with van der Waals surface area (Å²) < 4.78 is 0. The number of rotatable bonds is 6. The van der Waals surface area contributed by atoms with Gasteiger partial charge in [-0.05, 0) is 24.6 Å². The van der Waals surface area contributed by atoms with E-state index in [0.29, 0.717) is 6.04 Å². The molecule has 0 spiro atoms. The Balaban J connectivity index is 1.82. The molecule has 1 fully saturated rings. The summed E-state index contributed by atoms with van der Waals surface area (Å²) in [5.41, 5.74) is 2.64. The fraction of sp³-hybridized carbons (Fsp3) is 0.647. The van der Waals surface area contributed by atoms with Crippen molar-refractivity contribution in [3.63, 3.8) is 0 Å². The fourth-order valence-electron chi connectivity index (χ4n) is 2.96. The zero-order valence-electron chi connectivity index (χ0n) is 13.5. The molecule has 1 aliphatic heterocycles. The summed E-state index contributed by atoms with van der Waals surface area (Å²) in [5, 5.41) is 12.9. The normalized spacial score (nSPS) is 18.2. The molecule has 1 aliphatic rings. The lowest BCUT2D eigenvalue weighted by Crippen LogP contribution is -2.52. The van der Waals surface area contributed by atoms with Gasteiger partial charge < -0.3 is 15.3 Å². The molecule has 0 aliphatic carbocycles. The number of aliphatic hydroxyl groups excluding tert-OH is 1. The van der Waals surface area contributed by atoms with E-state index in [1.54, 1.807) is 0 Å². The van der Waals surface area contributed by atoms with Crippen LogP contribution in [0.25, 0.3) is 0 Å². The van der Waals surface area contributed by atoms with Crippen LogP contribution in [0.5, 0.6) is 0 Å². The molecule has 1 atom stereocenters. The molecule has 1 heterocycles. The maximum atomic E-state index is 9.47. The Kier molecular flexibility index (Phi) is 6.03. The molecule has 0 bridgehead atoms. The van der Waals surface area contributed by atoms with Gasteiger partial charge in [-0.2, -0.15) is 0 Å². The summed E-state index contributed by atoms with van der Waals surface area (Å²) in [5.74, 6) is 0. The molecule has 0 saturated carbocycles. The van der Waals surface area contributed by atoms with E-state index in [9.17, 15) is 5.11 Å². The Morgan fingerprint density at radius 1 is 1.19 bits per heavy atom. The van der Waals surface area contributed by atoms with E-state index in [1.165, 1.54) is 11.3 Å². The van der Waals surface area contributed by atoms with Gasteiger partial charge in [0.05, 0.1) is 6.61 Å². The van der Waals surface area contributed by atoms with E-state index in [1.807, 2.05) is 0 Å². The van der Waals surface area contributed by atoms with Crippen molar-refractivity contribution in [1.82, 2.24) is 10.2 Å². The standard InChI is InChI=1S/C17H29N3O/c1-14(2)18-16(13-21)12-19-7-9-20(10-8-19)17-6-4-5-15(3)11-17/h4-6,11,14,16,18,21H,7-10,12-13H2,1-3H3. The molecule has 1 aromatic rings. The first-order valence-corrected chi connectivity index (χ1v) is 7.99. The molecule has 21 heavy (non-hydrogen) atoms. The van der Waals surface area contributed by atoms with Gasteiger partial charge in [-0.1, -0.05) is 26.0 Å². The zero-order valence-corrected chi connectivity index (χ0v) is 13.5. The van der Waals surface area contributed by atoms with Crippen LogP contribution in [0.15, 0.2) is 24.3 Å². The minimum Gasteiger partial charge on any atom is -0.395 e. The molecule has 0 aromatic heterocycles. The molecule has 1 aromatic carbocycles. The molecule has 4 heteroatoms. The SMILES string of the molecule is Cc1cccc(N2CCN(CC(CO)NC(C)C)CC2)c1. The monoisotopic (exact) mass is 291 g/mol. The van der Waals surface area contributed by atoms with Crippen LogP contribution >= 0.6 is 0 Å². The van der Waals surface area contributed by atoms with Crippen LogP contribution in [0.4, 0.5) is 5.69 Å². The number of hydrogen-bond donors (Lipinski definition) is 2. The van der Waals surface area contributed by atoms with Crippen molar-refractivity contribution < 1.29 is 5.11 Å². The van der Waals surface area contributed by atoms with Crippen molar-refractivity contribution in [2.75, 3.05) is 44.2 Å². The minimum absolute atomic E-state index is 0.176. The lowest BCUT2D eigenvalue weighted by Gasteiger charge is -2.38. The van der Waals surface area contributed by atoms with E-state index in [4.69, 9.17) is 0 Å². The largest absolute Gasteiger partial charge is 0.395 e. The molecule has 4 nitrogen and oxygen atoms in total. The van der Waals surface area contributed by atoms with E-state index < -0.39 is 0 Å². The number of aliphatic hydroxyl groups is 1. The van der Waals surface area contributed by atoms with Crippen molar-refractivity contribution in [1.29, 1.82) is 0 Å². The second kappa shape index (κ2) is 7.78. The number of nitrogens with one attached hydrogen (secondary N) is 1. The molecule has 1 saturated heterocycles. The van der Waals surface area contributed by atoms with Gasteiger partial charge in [-0.3, -0.25) is 4.90 Å². The summed E-state index contributed by atoms with van der Waals surface area (Å²) in [4.78, 5) is 4.90. The summed E-state index contributed by atoms with van der Waals surface area (Å²) in [7, 11) is 0. The van der Waals surface area contributed by atoms with Crippen molar-refractivity contribution in [2.24, 2.45) is 0 Å². The Hall–Kier alpha value is -1.10. The molecule has 0 amide bonds. The Morgan fingerprint density at radius 2 is 1.90 bits per heavy atom. The highest BCUT2D eigenvalue weighted by molar-refractivity contribution is 5.48. The quantitative estimate of drug-likeness (QED) is 0.833. The summed E-state index contributed by atoms with van der Waals surface area (Å²) in [6.07, 6.45) is 0. The third-order valence-electron chi connectivity index (χ3n) is 4.01. The lowest BCUT2D eigenvalue weighted by atomic mass is 10.1. The van der Waals surface area contributed by atoms with Crippen molar-refractivity contribution in [3.05, 3.63) is 29.8 Å². The van der Waals surface area contributed by atoms with Crippen molar-refractivity contribution in [3.8, 4) is 0 Å². The van der Waals surface area contributed by atoms with Gasteiger partial charge in [0.2, 0.25) is 0 Å². The second-order valence-corrected chi connectivity index (χ2v) is 6.33. The van der Waals surface area contributed by atoms with E-state index >= 15 is 0 Å². The van der Waals surface area contributed by atoms with Gasteiger partial charge in [-0.15, -0.1) is 0 Å². The molecule has 0 radical (unpaired) electrons. The Morgan fingerprint density at radius 3 is 2.48 bits per heavy atom. The first-order chi connectivity index (χ1) is 10.1. The van der Waals surface area contributed by atoms with E-state index in [2.05, 4.69) is 60.2 Å². The Labute approximate surface area is 128 Å². The van der Waals surface area contributed by atoms with Gasteiger partial charge in [0.25, 0.3) is 0 Å². The van der Waals surface area contributed by atoms with Crippen molar-refractivity contribution >= 4 is 5.69 Å². The van der Waals surface area contributed by atoms with Gasteiger partial charge in [0.15, 0.2) is 0 Å². The maximum Gasteiger partial charge on any atom is 0.0597 e. The molecule has 2 N–H and O–H groups in total. The molecular formula is C17H29N3O. The van der Waals surface area contributed by atoms with E-state index in [0.717, 1.165) is 32.7 Å². The fourth-order valence-corrected chi connectivity index (χ4v) is 2.96. The van der Waals surface area contributed by atoms with Crippen LogP contribution in [0.2, 0.25) is 0 Å². The van der Waals surface area contributed by atoms with Crippen LogP contribution in [-0.2, 0) is 0 Å². The van der Waals surface area contributed by atoms with Crippen LogP contribution < -0.4 is 10.2 Å². The number of nitrogens with zero attached hydrogens (tertiary/aromatic N) is 2. The highest BCUT2D eigenvalue weighted by Crippen LogP contribution is 2.17. The highest BCUT2D eigenvalue weighted by atomic mass is 16.3. The number of piperazine rings is 1.